The van der Waals surface area contributed by atoms with Crippen LogP contribution in [0.2, 0.25) is 0 Å². The average Bonchev–Trinajstić information content (AvgIpc) is 2.64. The molecule has 1 atom stereocenters. The number of carbonyl (C=O) groups is 1. The first-order valence-electron chi connectivity index (χ1n) is 3.28. The van der Waals surface area contributed by atoms with E-state index in [1.807, 2.05) is 6.92 Å². The molecule has 2 nitrogen and oxygen atoms in total. The number of carboxylic acids is 1. The third kappa shape index (κ3) is 1.32. The van der Waals surface area contributed by atoms with Gasteiger partial charge in [-0.1, -0.05) is 18.5 Å². The van der Waals surface area contributed by atoms with Crippen LogP contribution in [0, 0.1) is 5.92 Å². The highest BCUT2D eigenvalue weighted by Crippen LogP contribution is 2.43. The molecule has 1 aliphatic rings. The fourth-order valence-corrected chi connectivity index (χ4v) is 1.23. The van der Waals surface area contributed by atoms with Gasteiger partial charge in [0, 0.05) is 0 Å². The van der Waals surface area contributed by atoms with Gasteiger partial charge in [-0.2, -0.15) is 0 Å². The van der Waals surface area contributed by atoms with Crippen LogP contribution in [0.25, 0.3) is 0 Å². The largest absolute Gasteiger partial charge is 0.477 e. The molecule has 0 saturated heterocycles. The summed E-state index contributed by atoms with van der Waals surface area (Å²) in [6.07, 6.45) is 1.88. The Bertz CT molecular complexity index is 196. The van der Waals surface area contributed by atoms with Crippen LogP contribution < -0.4 is 0 Å². The summed E-state index contributed by atoms with van der Waals surface area (Å²) in [7, 11) is 0. The lowest BCUT2D eigenvalue weighted by Crippen LogP contribution is -1.93. The molecule has 1 aliphatic carbocycles. The van der Waals surface area contributed by atoms with E-state index in [1.165, 1.54) is 0 Å². The summed E-state index contributed by atoms with van der Waals surface area (Å²) in [6.45, 7) is 2.03. The average molecular weight is 161 g/mol. The van der Waals surface area contributed by atoms with Crippen LogP contribution in [0.5, 0.6) is 0 Å². The number of allylic oxidation sites excluding steroid dienone is 1. The van der Waals surface area contributed by atoms with Crippen molar-refractivity contribution in [1.29, 1.82) is 0 Å². The maximum atomic E-state index is 10.3. The van der Waals surface area contributed by atoms with Gasteiger partial charge < -0.3 is 5.11 Å². The summed E-state index contributed by atoms with van der Waals surface area (Å²) in [5, 5.41) is 8.45. The molecular weight excluding hydrogens is 152 g/mol. The maximum Gasteiger partial charge on any atom is 0.347 e. The van der Waals surface area contributed by atoms with Gasteiger partial charge in [-0.25, -0.2) is 4.79 Å². The van der Waals surface area contributed by atoms with Gasteiger partial charge >= 0.3 is 5.97 Å². The first kappa shape index (κ1) is 7.61. The summed E-state index contributed by atoms with van der Waals surface area (Å²) in [5.74, 6) is -0.545. The van der Waals surface area contributed by atoms with Crippen molar-refractivity contribution in [3.8, 4) is 0 Å². The van der Waals surface area contributed by atoms with Crippen molar-refractivity contribution >= 4 is 17.6 Å². The second-order valence-electron chi connectivity index (χ2n) is 2.45. The highest BCUT2D eigenvalue weighted by molar-refractivity contribution is 6.41. The molecule has 1 rings (SSSR count). The molecule has 0 amide bonds. The number of aliphatic carboxylic acids is 1. The SMILES string of the molecule is CCC1C/C1=C(\Cl)C(=O)O. The summed E-state index contributed by atoms with van der Waals surface area (Å²) in [6, 6.07) is 0. The van der Waals surface area contributed by atoms with Gasteiger partial charge in [0.25, 0.3) is 0 Å². The zero-order valence-electron chi connectivity index (χ0n) is 5.72. The van der Waals surface area contributed by atoms with Crippen molar-refractivity contribution in [3.05, 3.63) is 10.6 Å². The van der Waals surface area contributed by atoms with Gasteiger partial charge in [0.2, 0.25) is 0 Å². The Kier molecular flexibility index (Phi) is 2.00. The number of halogens is 1. The molecule has 0 aromatic rings. The monoisotopic (exact) mass is 160 g/mol. The molecule has 0 aromatic heterocycles. The molecule has 56 valence electrons. The van der Waals surface area contributed by atoms with Crippen LogP contribution in [0.15, 0.2) is 10.6 Å². The molecule has 0 spiro atoms. The second-order valence-corrected chi connectivity index (χ2v) is 2.83. The highest BCUT2D eigenvalue weighted by atomic mass is 35.5. The van der Waals surface area contributed by atoms with Gasteiger partial charge in [-0.3, -0.25) is 0 Å². The van der Waals surface area contributed by atoms with Crippen molar-refractivity contribution in [3.63, 3.8) is 0 Å². The Labute approximate surface area is 64.5 Å². The van der Waals surface area contributed by atoms with Gasteiger partial charge in [-0.05, 0) is 24.3 Å². The predicted molar refractivity (Wildman–Crippen MR) is 38.9 cm³/mol. The van der Waals surface area contributed by atoms with Crippen molar-refractivity contribution in [2.75, 3.05) is 0 Å². The topological polar surface area (TPSA) is 37.3 Å². The Morgan fingerprint density at radius 2 is 2.50 bits per heavy atom. The van der Waals surface area contributed by atoms with E-state index in [-0.39, 0.29) is 5.03 Å². The van der Waals surface area contributed by atoms with Crippen LogP contribution in [0.1, 0.15) is 19.8 Å². The lowest BCUT2D eigenvalue weighted by molar-refractivity contribution is -0.131. The molecule has 0 aromatic carbocycles. The van der Waals surface area contributed by atoms with Crippen molar-refractivity contribution in [2.45, 2.75) is 19.8 Å². The Hall–Kier alpha value is -0.500. The molecule has 1 unspecified atom stereocenters. The van der Waals surface area contributed by atoms with E-state index in [9.17, 15) is 4.79 Å². The van der Waals surface area contributed by atoms with Crippen molar-refractivity contribution in [2.24, 2.45) is 5.92 Å². The second kappa shape index (κ2) is 2.62. The van der Waals surface area contributed by atoms with E-state index in [0.29, 0.717) is 5.92 Å². The van der Waals surface area contributed by atoms with Crippen molar-refractivity contribution < 1.29 is 9.90 Å². The van der Waals surface area contributed by atoms with Gasteiger partial charge in [0.05, 0.1) is 0 Å². The van der Waals surface area contributed by atoms with Crippen LogP contribution in [0.3, 0.4) is 0 Å². The van der Waals surface area contributed by atoms with E-state index in [1.54, 1.807) is 0 Å². The summed E-state index contributed by atoms with van der Waals surface area (Å²) < 4.78 is 0. The maximum absolute atomic E-state index is 10.3. The molecule has 10 heavy (non-hydrogen) atoms. The molecule has 0 heterocycles. The molecule has 0 bridgehead atoms. The third-order valence-corrected chi connectivity index (χ3v) is 2.17. The van der Waals surface area contributed by atoms with Crippen molar-refractivity contribution in [1.82, 2.24) is 0 Å². The van der Waals surface area contributed by atoms with Crippen LogP contribution in [-0.4, -0.2) is 11.1 Å². The third-order valence-electron chi connectivity index (χ3n) is 1.76. The fraction of sp³-hybridized carbons (Fsp3) is 0.571. The number of hydrogen-bond donors (Lipinski definition) is 1. The highest BCUT2D eigenvalue weighted by Gasteiger charge is 2.32. The minimum atomic E-state index is -0.993. The minimum absolute atomic E-state index is 0.0341. The van der Waals surface area contributed by atoms with E-state index >= 15 is 0 Å². The lowest BCUT2D eigenvalue weighted by atomic mass is 10.3. The number of rotatable bonds is 2. The Morgan fingerprint density at radius 1 is 1.90 bits per heavy atom. The zero-order chi connectivity index (χ0) is 7.72. The first-order valence-corrected chi connectivity index (χ1v) is 3.66. The summed E-state index contributed by atoms with van der Waals surface area (Å²) in [4.78, 5) is 10.3. The van der Waals surface area contributed by atoms with Gasteiger partial charge in [-0.15, -0.1) is 0 Å². The standard InChI is InChI=1S/C7H9ClO2/c1-2-4-3-5(4)6(8)7(9)10/h4H,2-3H2,1H3,(H,9,10)/b6-5+. The minimum Gasteiger partial charge on any atom is -0.477 e. The summed E-state index contributed by atoms with van der Waals surface area (Å²) >= 11 is 5.47. The van der Waals surface area contributed by atoms with E-state index in [4.69, 9.17) is 16.7 Å². The van der Waals surface area contributed by atoms with E-state index in [2.05, 4.69) is 0 Å². The summed E-state index contributed by atoms with van der Waals surface area (Å²) in [5.41, 5.74) is 0.914. The Morgan fingerprint density at radius 3 is 2.80 bits per heavy atom. The molecular formula is C7H9ClO2. The lowest BCUT2D eigenvalue weighted by Gasteiger charge is -1.86. The quantitative estimate of drug-likeness (QED) is 0.628. The molecule has 0 aliphatic heterocycles. The molecule has 1 saturated carbocycles. The zero-order valence-corrected chi connectivity index (χ0v) is 6.48. The van der Waals surface area contributed by atoms with Gasteiger partial charge in [0.1, 0.15) is 5.03 Å². The smallest absolute Gasteiger partial charge is 0.347 e. The van der Waals surface area contributed by atoms with Crippen LogP contribution >= 0.6 is 11.6 Å². The molecule has 3 heteroatoms. The number of carboxylic acid groups (broad SMARTS) is 1. The molecule has 1 N–H and O–H groups in total. The van der Waals surface area contributed by atoms with E-state index in [0.717, 1.165) is 18.4 Å². The predicted octanol–water partition coefficient (Wildman–Crippen LogP) is 1.99. The Balaban J connectivity index is 2.64. The van der Waals surface area contributed by atoms with Gasteiger partial charge in [0.15, 0.2) is 0 Å². The van der Waals surface area contributed by atoms with Crippen LogP contribution in [0.4, 0.5) is 0 Å². The normalized spacial score (nSPS) is 28.0. The fourth-order valence-electron chi connectivity index (χ4n) is 1.00. The number of hydrogen-bond acceptors (Lipinski definition) is 1. The molecule has 0 radical (unpaired) electrons. The van der Waals surface area contributed by atoms with E-state index < -0.39 is 5.97 Å². The first-order chi connectivity index (χ1) is 4.66. The van der Waals surface area contributed by atoms with Crippen LogP contribution in [-0.2, 0) is 4.79 Å². The molecule has 1 fully saturated rings.